The molecular weight excluding hydrogens is 1450 g/mol. The first-order valence-corrected chi connectivity index (χ1v) is 33.1. The number of carbonyl (C=O) groups excluding carboxylic acids is 1. The number of carbonyl (C=O) groups is 1. The van der Waals surface area contributed by atoms with Crippen molar-refractivity contribution in [3.63, 3.8) is 0 Å². The van der Waals surface area contributed by atoms with Crippen molar-refractivity contribution in [3.8, 4) is 34.5 Å². The number of rotatable bonds is 19. The van der Waals surface area contributed by atoms with Gasteiger partial charge in [0.05, 0.1) is 61.4 Å². The molecule has 2 amide bonds. The molecule has 0 fully saturated rings. The van der Waals surface area contributed by atoms with Gasteiger partial charge in [-0.2, -0.15) is 13.4 Å². The van der Waals surface area contributed by atoms with E-state index in [1.54, 1.807) is 161 Å². The van der Waals surface area contributed by atoms with E-state index in [1.807, 2.05) is 36.4 Å². The molecule has 10 rings (SSSR count). The Morgan fingerprint density at radius 3 is 1.34 bits per heavy atom. The van der Waals surface area contributed by atoms with Gasteiger partial charge in [-0.25, -0.2) is 29.7 Å². The van der Waals surface area contributed by atoms with Gasteiger partial charge in [-0.05, 0) is 69.7 Å². The number of aromatic nitrogens is 9. The summed E-state index contributed by atoms with van der Waals surface area (Å²) < 4.78 is 60.7. The zero-order valence-corrected chi connectivity index (χ0v) is 59.5. The quantitative estimate of drug-likeness (QED) is 0.0332. The van der Waals surface area contributed by atoms with Crippen LogP contribution in [0.15, 0.2) is 143 Å². The van der Waals surface area contributed by atoms with Crippen molar-refractivity contribution in [2.24, 2.45) is 26.9 Å². The van der Waals surface area contributed by atoms with E-state index in [4.69, 9.17) is 90.3 Å². The van der Waals surface area contributed by atoms with Gasteiger partial charge >= 0.3 is 14.3 Å². The molecule has 0 saturated heterocycles. The fraction of sp³-hybridized carbons (Fsp3) is 0.313. The number of benzene rings is 3. The molecule has 0 unspecified atom stereocenters. The summed E-state index contributed by atoms with van der Waals surface area (Å²) in [7, 11) is 19.4. The molecule has 0 spiro atoms. The van der Waals surface area contributed by atoms with Crippen LogP contribution in [0.1, 0.15) is 78.3 Å². The smallest absolute Gasteiger partial charge is 0.330 e. The first-order valence-electron chi connectivity index (χ1n) is 29.2. The summed E-state index contributed by atoms with van der Waals surface area (Å²) >= 11 is 23.6. The second kappa shape index (κ2) is 44.2. The number of nitrogens with zero attached hydrogens (tertiary/aromatic N) is 11. The SMILES string of the molecule is C.C.C.C.COc1cc(NCc2cnc(Cl)nc2Cl)cc(OC)c1.COc1cc(NCc2cnc(Cl)nc2NCc2ccn(C)c(=O)c2)cc(OC)c1.COc1cc(OC)cc(N2Cc3cnc(Cl)nc3N(Cc3ccn(C)c(=O)c3)C2=O)c1.Cn1ccc(CN)cc1=O.O=S(=O)(Cl)Cl.[2H]CC. The van der Waals surface area contributed by atoms with Crippen molar-refractivity contribution in [1.82, 2.24) is 43.6 Å². The lowest BCUT2D eigenvalue weighted by atomic mass is 10.1. The topological polar surface area (TPSA) is 319 Å². The Balaban J connectivity index is 0.000000678. The van der Waals surface area contributed by atoms with Crippen molar-refractivity contribution >= 4 is 111 Å². The zero-order chi connectivity index (χ0) is 72.2. The van der Waals surface area contributed by atoms with Crippen LogP contribution in [-0.2, 0) is 68.7 Å². The highest BCUT2D eigenvalue weighted by atomic mass is 36.0. The summed E-state index contributed by atoms with van der Waals surface area (Å²) in [5.41, 5.74) is 12.0. The molecule has 5 N–H and O–H groups in total. The van der Waals surface area contributed by atoms with Gasteiger partial charge in [0.1, 0.15) is 51.3 Å². The highest BCUT2D eigenvalue weighted by molar-refractivity contribution is 8.31. The van der Waals surface area contributed by atoms with Crippen molar-refractivity contribution in [2.75, 3.05) is 68.4 Å². The summed E-state index contributed by atoms with van der Waals surface area (Å²) in [4.78, 5) is 75.8. The van der Waals surface area contributed by atoms with E-state index in [9.17, 15) is 19.2 Å². The number of ether oxygens (including phenoxy) is 6. The van der Waals surface area contributed by atoms with Crippen molar-refractivity contribution in [1.29, 1.82) is 0 Å². The third kappa shape index (κ3) is 28.8. The summed E-state index contributed by atoms with van der Waals surface area (Å²) in [5.74, 6) is 4.88. The molecule has 0 bridgehead atoms. The van der Waals surface area contributed by atoms with Gasteiger partial charge in [-0.1, -0.05) is 55.1 Å². The molecule has 0 atom stereocenters. The highest BCUT2D eigenvalue weighted by Crippen LogP contribution is 2.36. The van der Waals surface area contributed by atoms with Gasteiger partial charge < -0.3 is 63.8 Å². The number of pyridine rings is 3. The third-order valence-electron chi connectivity index (χ3n) is 13.3. The molecule has 3 aromatic carbocycles. The maximum Gasteiger partial charge on any atom is 0.330 e. The lowest BCUT2D eigenvalue weighted by Gasteiger charge is -2.36. The van der Waals surface area contributed by atoms with Gasteiger partial charge in [-0.15, -0.1) is 0 Å². The van der Waals surface area contributed by atoms with Gasteiger partial charge in [0.15, 0.2) is 0 Å². The first kappa shape index (κ1) is 88.0. The Morgan fingerprint density at radius 1 is 0.525 bits per heavy atom. The number of fused-ring (bicyclic) bond motifs is 1. The molecular formula is C67H87Cl6N15O12S. The normalized spacial score (nSPS) is 10.8. The minimum Gasteiger partial charge on any atom is -0.497 e. The van der Waals surface area contributed by atoms with E-state index in [0.717, 1.165) is 39.2 Å². The molecule has 0 radical (unpaired) electrons. The standard InChI is InChI=1S/C21H20ClN5O4.C20H22ClN5O3.C13H13Cl2N3O2.C7H10N2O.C2H6.4CH4.Cl2O2S/c1-25-5-4-13(6-18(25)28)11-27-19-14(10-23-20(22)24-19)12-26(21(27)29)15-7-16(30-2)9-17(8-15)31-3;1-26-5-4-13(6-18(26)27)10-23-19-14(12-24-20(21)25-19)11-22-15-7-16(28-2)9-17(8-15)29-3;1-19-10-3-9(4-11(5-10)20-2)16-6-8-7-17-13(15)18-12(8)14;1-9-3-2-6(5-8)4-7(9)10;1-2;;;;;1-5(2,3)4/h4-10H,11-12H2,1-3H3;4-9,12,22H,10-11H2,1-3H3,(H,23,24,25);3-5,7,16H,6H2,1-2H3;2-4H,5,8H2,1H3;1-2H3;4*1H4;/i;;;;1D;;;;;. The number of amides is 2. The number of hydrogen-bond donors (Lipinski definition) is 4. The molecule has 1 aliphatic rings. The fourth-order valence-corrected chi connectivity index (χ4v) is 8.96. The van der Waals surface area contributed by atoms with Crippen LogP contribution in [0.2, 0.25) is 21.0 Å². The Kier molecular flexibility index (Phi) is 38.5. The maximum absolute atomic E-state index is 13.5. The minimum atomic E-state index is -3.72. The number of anilines is 5. The second-order valence-corrected chi connectivity index (χ2v) is 24.8. The van der Waals surface area contributed by atoms with Crippen LogP contribution < -0.4 is 76.6 Å². The zero-order valence-electron chi connectivity index (χ0n) is 55.1. The molecule has 0 aliphatic carbocycles. The van der Waals surface area contributed by atoms with Crippen LogP contribution in [0, 0.1) is 0 Å². The largest absolute Gasteiger partial charge is 0.497 e. The maximum atomic E-state index is 13.5. The number of urea groups is 1. The van der Waals surface area contributed by atoms with Crippen LogP contribution >= 0.6 is 67.8 Å². The molecule has 0 saturated carbocycles. The Hall–Kier alpha value is -9.13. The molecule has 1 aliphatic heterocycles. The van der Waals surface area contributed by atoms with Crippen molar-refractivity contribution in [2.45, 2.75) is 82.8 Å². The van der Waals surface area contributed by atoms with Gasteiger partial charge in [-0.3, -0.25) is 24.2 Å². The molecule has 550 valence electrons. The molecule has 6 aromatic heterocycles. The number of hydrogen-bond acceptors (Lipinski definition) is 22. The van der Waals surface area contributed by atoms with E-state index in [0.29, 0.717) is 95.6 Å². The number of nitrogens with two attached hydrogens (primary N) is 1. The molecule has 101 heavy (non-hydrogen) atoms. The lowest BCUT2D eigenvalue weighted by Crippen LogP contribution is -2.47. The number of aryl methyl sites for hydroxylation is 3. The van der Waals surface area contributed by atoms with Crippen molar-refractivity contribution < 1.29 is 43.0 Å². The van der Waals surface area contributed by atoms with E-state index >= 15 is 0 Å². The number of halogens is 6. The summed E-state index contributed by atoms with van der Waals surface area (Å²) in [5, 5.41) is 10.4. The van der Waals surface area contributed by atoms with Crippen molar-refractivity contribution in [3.05, 3.63) is 214 Å². The summed E-state index contributed by atoms with van der Waals surface area (Å²) in [6, 6.07) is 26.0. The average molecular weight is 1540 g/mol. The lowest BCUT2D eigenvalue weighted by molar-refractivity contribution is 0.249. The highest BCUT2D eigenvalue weighted by Gasteiger charge is 2.34. The number of methoxy groups -OCH3 is 6. The average Bonchev–Trinajstić information content (AvgIpc) is 0.766. The molecule has 27 nitrogen and oxygen atoms in total. The summed E-state index contributed by atoms with van der Waals surface area (Å²) in [6.45, 7) is 4.46. The van der Waals surface area contributed by atoms with Gasteiger partial charge in [0, 0.05) is 208 Å². The van der Waals surface area contributed by atoms with Crippen LogP contribution in [0.25, 0.3) is 0 Å². The van der Waals surface area contributed by atoms with Crippen LogP contribution in [0.5, 0.6) is 34.5 Å². The third-order valence-corrected chi connectivity index (χ3v) is 14.2. The van der Waals surface area contributed by atoms with Gasteiger partial charge in [0.2, 0.25) is 15.9 Å². The van der Waals surface area contributed by atoms with E-state index in [2.05, 4.69) is 67.2 Å². The van der Waals surface area contributed by atoms with Gasteiger partial charge in [0.25, 0.3) is 16.7 Å². The van der Waals surface area contributed by atoms with E-state index in [-0.39, 0.29) is 81.4 Å². The van der Waals surface area contributed by atoms with E-state index < -0.39 is 8.26 Å². The van der Waals surface area contributed by atoms with E-state index in [1.165, 1.54) is 24.7 Å². The second-order valence-electron chi connectivity index (χ2n) is 19.8. The molecule has 7 heterocycles. The number of nitrogens with one attached hydrogen (secondary N) is 3. The Bertz CT molecular complexity index is 4380. The first-order chi connectivity index (χ1) is 46.6. The predicted molar refractivity (Wildman–Crippen MR) is 406 cm³/mol. The Labute approximate surface area is 619 Å². The Morgan fingerprint density at radius 2 is 0.901 bits per heavy atom. The molecule has 34 heteroatoms. The minimum absolute atomic E-state index is 0. The predicted octanol–water partition coefficient (Wildman–Crippen LogP) is 13.6. The van der Waals surface area contributed by atoms with Crippen LogP contribution in [0.3, 0.4) is 0 Å². The monoisotopic (exact) mass is 1540 g/mol. The van der Waals surface area contributed by atoms with Crippen LogP contribution in [0.4, 0.5) is 33.5 Å². The summed E-state index contributed by atoms with van der Waals surface area (Å²) in [6.07, 6.45) is 9.94. The fourth-order valence-electron chi connectivity index (χ4n) is 8.33. The van der Waals surface area contributed by atoms with Crippen LogP contribution in [-0.4, -0.2) is 101 Å². The molecule has 9 aromatic rings.